The molecule has 1 aromatic heterocycles. The predicted molar refractivity (Wildman–Crippen MR) is 128 cm³/mol. The lowest BCUT2D eigenvalue weighted by Crippen LogP contribution is -2.62. The summed E-state index contributed by atoms with van der Waals surface area (Å²) in [6, 6.07) is 6.28. The van der Waals surface area contributed by atoms with Crippen molar-refractivity contribution in [1.82, 2.24) is 19.4 Å². The molecule has 0 saturated carbocycles. The molecule has 33 heavy (non-hydrogen) atoms. The first-order chi connectivity index (χ1) is 16.0. The Balaban J connectivity index is 1.47. The third-order valence-electron chi connectivity index (χ3n) is 7.52. The highest BCUT2D eigenvalue weighted by atomic mass is 32.2. The number of aromatic nitrogens is 2. The van der Waals surface area contributed by atoms with E-state index < -0.39 is 17.3 Å². The Bertz CT molecular complexity index is 1190. The standard InChI is InChI=1S/C24H30N4O4S/c1-33-10-9-20(28-22(30)17-5-2-3-6-18(17)25-24(28)32)23(31)26-12-15-11-16(14-26)19-7-4-8-21(29)27(19)13-15/h2-3,5-6,15-16,19-20H,4,7-14H2,1H3,(H,25,32)/t15-,16+,19?,20+/m1/s1. The van der Waals surface area contributed by atoms with Crippen LogP contribution in [-0.4, -0.2) is 68.8 Å². The van der Waals surface area contributed by atoms with E-state index in [1.165, 1.54) is 0 Å². The Kier molecular flexibility index (Phi) is 6.07. The summed E-state index contributed by atoms with van der Waals surface area (Å²) >= 11 is 1.59. The first kappa shape index (κ1) is 22.3. The molecule has 2 bridgehead atoms. The van der Waals surface area contributed by atoms with E-state index in [0.29, 0.717) is 49.1 Å². The number of nitrogens with zero attached hydrogens (tertiary/aromatic N) is 3. The third kappa shape index (κ3) is 4.00. The molecule has 1 unspecified atom stereocenters. The van der Waals surface area contributed by atoms with Crippen LogP contribution in [0.3, 0.4) is 0 Å². The predicted octanol–water partition coefficient (Wildman–Crippen LogP) is 1.84. The summed E-state index contributed by atoms with van der Waals surface area (Å²) in [6.07, 6.45) is 5.93. The number of amides is 2. The highest BCUT2D eigenvalue weighted by molar-refractivity contribution is 7.98. The Morgan fingerprint density at radius 3 is 2.82 bits per heavy atom. The number of nitrogens with one attached hydrogen (secondary N) is 1. The van der Waals surface area contributed by atoms with E-state index in [1.807, 2.05) is 16.1 Å². The van der Waals surface area contributed by atoms with Gasteiger partial charge in [0.15, 0.2) is 0 Å². The van der Waals surface area contributed by atoms with Crippen molar-refractivity contribution < 1.29 is 9.59 Å². The Morgan fingerprint density at radius 1 is 1.18 bits per heavy atom. The largest absolute Gasteiger partial charge is 0.340 e. The summed E-state index contributed by atoms with van der Waals surface area (Å²) in [6.45, 7) is 1.86. The van der Waals surface area contributed by atoms with Crippen molar-refractivity contribution in [3.05, 3.63) is 45.1 Å². The second kappa shape index (κ2) is 9.00. The minimum atomic E-state index is -0.832. The van der Waals surface area contributed by atoms with Gasteiger partial charge in [0, 0.05) is 32.1 Å². The van der Waals surface area contributed by atoms with Crippen LogP contribution in [0.5, 0.6) is 0 Å². The number of hydrogen-bond donors (Lipinski definition) is 1. The second-order valence-electron chi connectivity index (χ2n) is 9.56. The molecule has 2 amide bonds. The van der Waals surface area contributed by atoms with Crippen molar-refractivity contribution in [3.8, 4) is 0 Å². The highest BCUT2D eigenvalue weighted by Gasteiger charge is 2.45. The van der Waals surface area contributed by atoms with Crippen molar-refractivity contribution >= 4 is 34.5 Å². The van der Waals surface area contributed by atoms with Crippen LogP contribution in [0.1, 0.15) is 38.1 Å². The number of rotatable bonds is 5. The summed E-state index contributed by atoms with van der Waals surface area (Å²) in [7, 11) is 0. The summed E-state index contributed by atoms with van der Waals surface area (Å²) < 4.78 is 1.13. The zero-order chi connectivity index (χ0) is 23.1. The van der Waals surface area contributed by atoms with Gasteiger partial charge in [-0.05, 0) is 61.7 Å². The molecule has 1 aromatic carbocycles. The molecule has 3 saturated heterocycles. The van der Waals surface area contributed by atoms with Gasteiger partial charge in [-0.25, -0.2) is 9.36 Å². The normalized spacial score (nSPS) is 25.7. The van der Waals surface area contributed by atoms with Gasteiger partial charge in [-0.2, -0.15) is 11.8 Å². The van der Waals surface area contributed by atoms with Crippen LogP contribution in [0.15, 0.2) is 33.9 Å². The van der Waals surface area contributed by atoms with Crippen LogP contribution in [-0.2, 0) is 9.59 Å². The summed E-state index contributed by atoms with van der Waals surface area (Å²) in [4.78, 5) is 59.2. The molecular formula is C24H30N4O4S. The van der Waals surface area contributed by atoms with Gasteiger partial charge in [-0.3, -0.25) is 14.4 Å². The SMILES string of the molecule is CSCC[C@@H](C(=O)N1C[C@H]2C[C@@H](C1)C1CCCC(=O)N1C2)n1c(=O)[nH]c2ccccc2c1=O. The van der Waals surface area contributed by atoms with E-state index in [-0.39, 0.29) is 29.7 Å². The number of carbonyl (C=O) groups is 2. The first-order valence-electron chi connectivity index (χ1n) is 11.8. The molecule has 3 aliphatic rings. The Morgan fingerprint density at radius 2 is 2.00 bits per heavy atom. The van der Waals surface area contributed by atoms with E-state index in [9.17, 15) is 19.2 Å². The van der Waals surface area contributed by atoms with Crippen LogP contribution < -0.4 is 11.2 Å². The van der Waals surface area contributed by atoms with Gasteiger partial charge in [-0.1, -0.05) is 12.1 Å². The van der Waals surface area contributed by atoms with Crippen molar-refractivity contribution in [1.29, 1.82) is 0 Å². The molecule has 0 spiro atoms. The number of benzene rings is 1. The summed E-state index contributed by atoms with van der Waals surface area (Å²) in [5, 5.41) is 0.408. The molecule has 8 nitrogen and oxygen atoms in total. The van der Waals surface area contributed by atoms with Gasteiger partial charge in [-0.15, -0.1) is 0 Å². The molecule has 4 heterocycles. The lowest BCUT2D eigenvalue weighted by Gasteiger charge is -2.52. The average molecular weight is 471 g/mol. The fourth-order valence-electron chi connectivity index (χ4n) is 6.05. The maximum atomic E-state index is 13.8. The number of piperidine rings is 3. The molecule has 0 radical (unpaired) electrons. The first-order valence-corrected chi connectivity index (χ1v) is 13.2. The van der Waals surface area contributed by atoms with Gasteiger partial charge in [0.25, 0.3) is 5.56 Å². The van der Waals surface area contributed by atoms with Crippen LogP contribution >= 0.6 is 11.8 Å². The molecule has 9 heteroatoms. The van der Waals surface area contributed by atoms with Crippen LogP contribution in [0.2, 0.25) is 0 Å². The van der Waals surface area contributed by atoms with Crippen molar-refractivity contribution in [2.75, 3.05) is 31.6 Å². The van der Waals surface area contributed by atoms with Crippen LogP contribution in [0.25, 0.3) is 10.9 Å². The highest BCUT2D eigenvalue weighted by Crippen LogP contribution is 2.38. The lowest BCUT2D eigenvalue weighted by atomic mass is 9.76. The van der Waals surface area contributed by atoms with Gasteiger partial charge in [0.05, 0.1) is 10.9 Å². The smallest absolute Gasteiger partial charge is 0.329 e. The fourth-order valence-corrected chi connectivity index (χ4v) is 6.51. The number of aromatic amines is 1. The molecule has 0 aliphatic carbocycles. The van der Waals surface area contributed by atoms with Crippen molar-refractivity contribution in [3.63, 3.8) is 0 Å². The molecule has 2 aromatic rings. The Labute approximate surface area is 196 Å². The number of H-pyrrole nitrogens is 1. The fraction of sp³-hybridized carbons (Fsp3) is 0.583. The van der Waals surface area contributed by atoms with Gasteiger partial charge < -0.3 is 14.8 Å². The molecule has 1 N–H and O–H groups in total. The maximum Gasteiger partial charge on any atom is 0.329 e. The van der Waals surface area contributed by atoms with E-state index in [1.54, 1.807) is 36.0 Å². The monoisotopic (exact) mass is 470 g/mol. The molecule has 3 fully saturated rings. The third-order valence-corrected chi connectivity index (χ3v) is 8.16. The molecule has 5 rings (SSSR count). The minimum absolute atomic E-state index is 0.155. The zero-order valence-electron chi connectivity index (χ0n) is 18.9. The number of carbonyl (C=O) groups excluding carboxylic acids is 2. The quantitative estimate of drug-likeness (QED) is 0.720. The van der Waals surface area contributed by atoms with Crippen molar-refractivity contribution in [2.45, 2.75) is 44.2 Å². The number of likely N-dealkylation sites (tertiary alicyclic amines) is 1. The zero-order valence-corrected chi connectivity index (χ0v) is 19.7. The van der Waals surface area contributed by atoms with Crippen LogP contribution in [0.4, 0.5) is 0 Å². The summed E-state index contributed by atoms with van der Waals surface area (Å²) in [5.74, 6) is 1.27. The summed E-state index contributed by atoms with van der Waals surface area (Å²) in [5.41, 5.74) is -0.483. The Hall–Kier alpha value is -2.55. The van der Waals surface area contributed by atoms with E-state index >= 15 is 0 Å². The van der Waals surface area contributed by atoms with E-state index in [4.69, 9.17) is 0 Å². The molecule has 3 aliphatic heterocycles. The number of fused-ring (bicyclic) bond motifs is 5. The number of hydrogen-bond acceptors (Lipinski definition) is 5. The average Bonchev–Trinajstić information content (AvgIpc) is 2.81. The molecule has 176 valence electrons. The van der Waals surface area contributed by atoms with Gasteiger partial charge in [0.1, 0.15) is 6.04 Å². The number of thioether (sulfide) groups is 1. The lowest BCUT2D eigenvalue weighted by molar-refractivity contribution is -0.150. The van der Waals surface area contributed by atoms with Gasteiger partial charge >= 0.3 is 5.69 Å². The maximum absolute atomic E-state index is 13.8. The van der Waals surface area contributed by atoms with Gasteiger partial charge in [0.2, 0.25) is 11.8 Å². The topological polar surface area (TPSA) is 95.5 Å². The molecule has 4 atom stereocenters. The van der Waals surface area contributed by atoms with E-state index in [2.05, 4.69) is 4.98 Å². The van der Waals surface area contributed by atoms with E-state index in [0.717, 1.165) is 23.8 Å². The number of para-hydroxylation sites is 1. The minimum Gasteiger partial charge on any atom is -0.340 e. The van der Waals surface area contributed by atoms with Crippen molar-refractivity contribution in [2.24, 2.45) is 11.8 Å². The second-order valence-corrected chi connectivity index (χ2v) is 10.5. The van der Waals surface area contributed by atoms with Crippen LogP contribution in [0, 0.1) is 11.8 Å². The molecular weight excluding hydrogens is 440 g/mol.